The third-order valence-electron chi connectivity index (χ3n) is 3.53. The molecule has 0 saturated heterocycles. The van der Waals surface area contributed by atoms with Crippen molar-refractivity contribution in [3.63, 3.8) is 0 Å². The molecule has 0 aliphatic heterocycles. The molecule has 1 aliphatic rings. The van der Waals surface area contributed by atoms with Gasteiger partial charge in [-0.15, -0.1) is 0 Å². The van der Waals surface area contributed by atoms with E-state index in [-0.39, 0.29) is 17.6 Å². The average Bonchev–Trinajstić information content (AvgIpc) is 2.33. The summed E-state index contributed by atoms with van der Waals surface area (Å²) in [5.41, 5.74) is 0.856. The first-order chi connectivity index (χ1) is 7.70. The normalized spacial score (nSPS) is 27.8. The van der Waals surface area contributed by atoms with Crippen LogP contribution in [0.2, 0.25) is 0 Å². The van der Waals surface area contributed by atoms with E-state index in [0.29, 0.717) is 0 Å². The molecule has 86 valence electrons. The molecule has 2 nitrogen and oxygen atoms in total. The summed E-state index contributed by atoms with van der Waals surface area (Å²) in [6, 6.07) is 9.49. The van der Waals surface area contributed by atoms with Crippen molar-refractivity contribution in [2.75, 3.05) is 0 Å². The molecule has 1 aromatic carbocycles. The summed E-state index contributed by atoms with van der Waals surface area (Å²) in [5, 5.41) is 10.2. The molecule has 0 unspecified atom stereocenters. The molecular weight excluding hydrogens is 200 g/mol. The van der Waals surface area contributed by atoms with E-state index < -0.39 is 6.10 Å². The molecule has 0 radical (unpaired) electrons. The van der Waals surface area contributed by atoms with Crippen LogP contribution < -0.4 is 0 Å². The zero-order valence-electron chi connectivity index (χ0n) is 9.60. The highest BCUT2D eigenvalue weighted by atomic mass is 16.3. The van der Waals surface area contributed by atoms with Crippen molar-refractivity contribution >= 4 is 5.78 Å². The zero-order chi connectivity index (χ0) is 11.5. The summed E-state index contributed by atoms with van der Waals surface area (Å²) in [5.74, 6) is 0.130. The summed E-state index contributed by atoms with van der Waals surface area (Å²) >= 11 is 0. The summed E-state index contributed by atoms with van der Waals surface area (Å²) in [6.07, 6.45) is 2.20. The van der Waals surface area contributed by atoms with Crippen molar-refractivity contribution in [2.45, 2.75) is 32.3 Å². The molecule has 0 amide bonds. The van der Waals surface area contributed by atoms with E-state index in [1.54, 1.807) is 0 Å². The van der Waals surface area contributed by atoms with Gasteiger partial charge in [0.05, 0.1) is 6.10 Å². The van der Waals surface area contributed by atoms with Crippen LogP contribution >= 0.6 is 0 Å². The van der Waals surface area contributed by atoms with Crippen LogP contribution in [0.3, 0.4) is 0 Å². The van der Waals surface area contributed by atoms with E-state index >= 15 is 0 Å². The first kappa shape index (κ1) is 11.3. The van der Waals surface area contributed by atoms with E-state index in [4.69, 9.17) is 0 Å². The second-order valence-corrected chi connectivity index (χ2v) is 4.70. The predicted octanol–water partition coefficient (Wildman–Crippen LogP) is 2.73. The summed E-state index contributed by atoms with van der Waals surface area (Å²) in [4.78, 5) is 12.0. The van der Waals surface area contributed by atoms with Crippen LogP contribution in [-0.4, -0.2) is 10.9 Å². The molecule has 0 heterocycles. The van der Waals surface area contributed by atoms with Crippen molar-refractivity contribution in [1.82, 2.24) is 0 Å². The van der Waals surface area contributed by atoms with Gasteiger partial charge < -0.3 is 5.11 Å². The highest BCUT2D eigenvalue weighted by Gasteiger charge is 2.33. The lowest BCUT2D eigenvalue weighted by Crippen LogP contribution is -2.31. The number of rotatable bonds is 2. The number of aliphatic hydroxyl groups is 1. The van der Waals surface area contributed by atoms with Crippen LogP contribution in [0.25, 0.3) is 0 Å². The Balaban J connectivity index is 2.15. The lowest BCUT2D eigenvalue weighted by molar-refractivity contribution is -0.132. The van der Waals surface area contributed by atoms with Crippen LogP contribution in [0.4, 0.5) is 0 Å². The van der Waals surface area contributed by atoms with E-state index in [2.05, 4.69) is 0 Å². The standard InChI is InChI=1S/C14H18O2/c1-10-6-5-9-12(13(10)15)14(16)11-7-3-2-4-8-11/h2-4,7-8,10,12,14,16H,5-6,9H2,1H3/t10-,12+,14-/m0/s1. The van der Waals surface area contributed by atoms with Crippen LogP contribution in [0.1, 0.15) is 37.9 Å². The molecule has 1 N–H and O–H groups in total. The van der Waals surface area contributed by atoms with Crippen molar-refractivity contribution in [2.24, 2.45) is 11.8 Å². The fourth-order valence-electron chi connectivity index (χ4n) is 2.49. The van der Waals surface area contributed by atoms with Gasteiger partial charge in [0, 0.05) is 11.8 Å². The molecule has 1 saturated carbocycles. The Morgan fingerprint density at radius 1 is 1.25 bits per heavy atom. The van der Waals surface area contributed by atoms with Gasteiger partial charge in [0.25, 0.3) is 0 Å². The van der Waals surface area contributed by atoms with Gasteiger partial charge in [-0.25, -0.2) is 0 Å². The maximum absolute atomic E-state index is 12.0. The van der Waals surface area contributed by atoms with E-state index in [0.717, 1.165) is 24.8 Å². The van der Waals surface area contributed by atoms with Gasteiger partial charge in [0.15, 0.2) is 0 Å². The number of benzene rings is 1. The Morgan fingerprint density at radius 3 is 2.62 bits per heavy atom. The fourth-order valence-corrected chi connectivity index (χ4v) is 2.49. The molecular formula is C14H18O2. The van der Waals surface area contributed by atoms with Gasteiger partial charge in [0.1, 0.15) is 5.78 Å². The minimum Gasteiger partial charge on any atom is -0.388 e. The number of hydrogen-bond donors (Lipinski definition) is 1. The number of aliphatic hydroxyl groups excluding tert-OH is 1. The third-order valence-corrected chi connectivity index (χ3v) is 3.53. The fraction of sp³-hybridized carbons (Fsp3) is 0.500. The largest absolute Gasteiger partial charge is 0.388 e. The van der Waals surface area contributed by atoms with Crippen molar-refractivity contribution < 1.29 is 9.90 Å². The lowest BCUT2D eigenvalue weighted by Gasteiger charge is -2.29. The van der Waals surface area contributed by atoms with Gasteiger partial charge in [-0.3, -0.25) is 4.79 Å². The summed E-state index contributed by atoms with van der Waals surface area (Å²) < 4.78 is 0. The molecule has 1 aliphatic carbocycles. The average molecular weight is 218 g/mol. The molecule has 0 spiro atoms. The lowest BCUT2D eigenvalue weighted by atomic mass is 9.77. The second-order valence-electron chi connectivity index (χ2n) is 4.70. The number of carbonyl (C=O) groups is 1. The van der Waals surface area contributed by atoms with Crippen LogP contribution in [0.5, 0.6) is 0 Å². The van der Waals surface area contributed by atoms with E-state index in [1.165, 1.54) is 0 Å². The minimum absolute atomic E-state index is 0.108. The van der Waals surface area contributed by atoms with Gasteiger partial charge in [0.2, 0.25) is 0 Å². The number of carbonyl (C=O) groups excluding carboxylic acids is 1. The molecule has 2 heteroatoms. The van der Waals surface area contributed by atoms with Crippen LogP contribution in [0.15, 0.2) is 30.3 Å². The first-order valence-electron chi connectivity index (χ1n) is 5.97. The topological polar surface area (TPSA) is 37.3 Å². The Hall–Kier alpha value is -1.15. The highest BCUT2D eigenvalue weighted by Crippen LogP contribution is 2.34. The second kappa shape index (κ2) is 4.79. The molecule has 3 atom stereocenters. The maximum Gasteiger partial charge on any atom is 0.141 e. The molecule has 1 aromatic rings. The van der Waals surface area contributed by atoms with Gasteiger partial charge >= 0.3 is 0 Å². The zero-order valence-corrected chi connectivity index (χ0v) is 9.60. The smallest absolute Gasteiger partial charge is 0.141 e. The van der Waals surface area contributed by atoms with Crippen LogP contribution in [-0.2, 0) is 4.79 Å². The van der Waals surface area contributed by atoms with Crippen molar-refractivity contribution in [3.8, 4) is 0 Å². The van der Waals surface area contributed by atoms with Gasteiger partial charge in [-0.1, -0.05) is 43.7 Å². The first-order valence-corrected chi connectivity index (χ1v) is 5.97. The van der Waals surface area contributed by atoms with Crippen LogP contribution in [0, 0.1) is 11.8 Å². The summed E-state index contributed by atoms with van der Waals surface area (Å²) in [6.45, 7) is 1.96. The Labute approximate surface area is 96.3 Å². The number of Topliss-reactive ketones (excluding diaryl/α,β-unsaturated/α-hetero) is 1. The predicted molar refractivity (Wildman–Crippen MR) is 62.9 cm³/mol. The number of ketones is 1. The monoisotopic (exact) mass is 218 g/mol. The summed E-state index contributed by atoms with van der Waals surface area (Å²) in [7, 11) is 0. The molecule has 1 fully saturated rings. The maximum atomic E-state index is 12.0. The highest BCUT2D eigenvalue weighted by molar-refractivity contribution is 5.84. The molecule has 0 bridgehead atoms. The molecule has 0 aromatic heterocycles. The van der Waals surface area contributed by atoms with Gasteiger partial charge in [-0.05, 0) is 18.4 Å². The Kier molecular flexibility index (Phi) is 3.39. The Morgan fingerprint density at radius 2 is 1.94 bits per heavy atom. The SMILES string of the molecule is C[C@H]1CCC[C@@H]([C@@H](O)c2ccccc2)C1=O. The Bertz CT molecular complexity index is 358. The van der Waals surface area contributed by atoms with E-state index in [1.807, 2.05) is 37.3 Å². The van der Waals surface area contributed by atoms with Crippen molar-refractivity contribution in [3.05, 3.63) is 35.9 Å². The molecule has 16 heavy (non-hydrogen) atoms. The molecule has 2 rings (SSSR count). The number of hydrogen-bond acceptors (Lipinski definition) is 2. The van der Waals surface area contributed by atoms with Crippen molar-refractivity contribution in [1.29, 1.82) is 0 Å². The third kappa shape index (κ3) is 2.17. The van der Waals surface area contributed by atoms with Gasteiger partial charge in [-0.2, -0.15) is 0 Å². The minimum atomic E-state index is -0.628. The van der Waals surface area contributed by atoms with E-state index in [9.17, 15) is 9.90 Å². The quantitative estimate of drug-likeness (QED) is 0.828.